The number of fused-ring (bicyclic) bond motifs is 1. The topological polar surface area (TPSA) is 149 Å². The number of nitrogens with zero attached hydrogens (tertiary/aromatic N) is 4. The lowest BCUT2D eigenvalue weighted by Gasteiger charge is -2.37. The van der Waals surface area contributed by atoms with E-state index in [2.05, 4.69) is 57.5 Å². The molecule has 0 spiro atoms. The number of likely N-dealkylation sites (tertiary alicyclic amines) is 1. The van der Waals surface area contributed by atoms with Crippen LogP contribution < -0.4 is 15.5 Å². The number of nitrogens with one attached hydrogen (secondary N) is 2. The first-order valence-corrected chi connectivity index (χ1v) is 20.8. The second kappa shape index (κ2) is 20.2. The fourth-order valence-electron chi connectivity index (χ4n) is 8.62. The van der Waals surface area contributed by atoms with Gasteiger partial charge in [0.05, 0.1) is 28.0 Å². The van der Waals surface area contributed by atoms with Crippen LogP contribution in [0.25, 0.3) is 0 Å². The Morgan fingerprint density at radius 1 is 0.898 bits per heavy atom. The Balaban J connectivity index is 0.000000480. The molecule has 2 heterocycles. The normalized spacial score (nSPS) is 19.9. The maximum Gasteiger partial charge on any atom is 0.225 e. The number of hydrogen-bond donors (Lipinski definition) is 2. The third-order valence-corrected chi connectivity index (χ3v) is 12.5. The fraction of sp³-hybridized carbons (Fsp3) is 0.457. The van der Waals surface area contributed by atoms with Crippen molar-refractivity contribution in [1.82, 2.24) is 15.1 Å². The van der Waals surface area contributed by atoms with Crippen LogP contribution in [0.2, 0.25) is 5.02 Å². The predicted molar refractivity (Wildman–Crippen MR) is 234 cm³/mol. The highest BCUT2D eigenvalue weighted by atomic mass is 35.5. The lowest BCUT2D eigenvalue weighted by atomic mass is 9.81. The molecule has 1 saturated heterocycles. The number of amides is 2. The Bertz CT molecular complexity index is 2050. The summed E-state index contributed by atoms with van der Waals surface area (Å²) in [7, 11) is 7.02. The summed E-state index contributed by atoms with van der Waals surface area (Å²) in [5.74, 6) is 1.50. The molecule has 3 aliphatic rings. The minimum absolute atomic E-state index is 0.0244. The lowest BCUT2D eigenvalue weighted by Crippen LogP contribution is -2.43. The Morgan fingerprint density at radius 3 is 2.19 bits per heavy atom. The number of carbonyl (C=O) groups excluding carboxylic acids is 6. The number of anilines is 3. The van der Waals surface area contributed by atoms with Crippen molar-refractivity contribution < 1.29 is 28.8 Å². The second-order valence-corrected chi connectivity index (χ2v) is 16.7. The van der Waals surface area contributed by atoms with E-state index in [0.717, 1.165) is 87.1 Å². The van der Waals surface area contributed by atoms with Crippen LogP contribution in [0.3, 0.4) is 0 Å². The molecule has 2 fully saturated rings. The van der Waals surface area contributed by atoms with Gasteiger partial charge in [0.25, 0.3) is 0 Å². The summed E-state index contributed by atoms with van der Waals surface area (Å²) in [5, 5.41) is 6.41. The molecule has 12 nitrogen and oxygen atoms in total. The SMILES string of the molecule is CN=C1N(c2cccc(Cl)c2C=O)c2ccc(C3CCN(C(=O)C4CCC(Nc5ccc(C=O)c(C=O)c5)CC4)CC3)cc2C1(C)C.CNC(=O)CCC(C=O)N(C)C. The van der Waals surface area contributed by atoms with E-state index in [1.807, 2.05) is 32.3 Å². The van der Waals surface area contributed by atoms with Gasteiger partial charge in [-0.3, -0.25) is 38.8 Å². The largest absolute Gasteiger partial charge is 0.382 e. The summed E-state index contributed by atoms with van der Waals surface area (Å²) >= 11 is 6.41. The number of aldehydes is 4. The van der Waals surface area contributed by atoms with Crippen molar-refractivity contribution >= 4 is 71.5 Å². The molecule has 314 valence electrons. The smallest absolute Gasteiger partial charge is 0.225 e. The maximum absolute atomic E-state index is 13.6. The zero-order chi connectivity index (χ0) is 42.9. The zero-order valence-corrected chi connectivity index (χ0v) is 35.8. The molecule has 59 heavy (non-hydrogen) atoms. The van der Waals surface area contributed by atoms with Crippen LogP contribution in [0.15, 0.2) is 59.6 Å². The molecule has 1 aliphatic carbocycles. The summed E-state index contributed by atoms with van der Waals surface area (Å²) in [6.07, 6.45) is 9.32. The number of halogens is 1. The highest BCUT2D eigenvalue weighted by Crippen LogP contribution is 2.48. The van der Waals surface area contributed by atoms with E-state index in [0.29, 0.717) is 53.0 Å². The van der Waals surface area contributed by atoms with Gasteiger partial charge in [0, 0.05) is 67.8 Å². The Morgan fingerprint density at radius 2 is 1.59 bits per heavy atom. The van der Waals surface area contributed by atoms with Crippen molar-refractivity contribution in [2.24, 2.45) is 10.9 Å². The maximum atomic E-state index is 13.6. The van der Waals surface area contributed by atoms with Gasteiger partial charge >= 0.3 is 0 Å². The van der Waals surface area contributed by atoms with Crippen LogP contribution >= 0.6 is 11.6 Å². The highest BCUT2D eigenvalue weighted by Gasteiger charge is 2.43. The first kappa shape index (κ1) is 44.9. The van der Waals surface area contributed by atoms with Crippen LogP contribution in [0, 0.1) is 5.92 Å². The molecule has 13 heteroatoms. The molecule has 1 atom stereocenters. The molecular formula is C46H57ClN6O6. The lowest BCUT2D eigenvalue weighted by molar-refractivity contribution is -0.137. The number of likely N-dealkylation sites (N-methyl/N-ethyl adjacent to an activating group) is 1. The van der Waals surface area contributed by atoms with Gasteiger partial charge in [-0.1, -0.05) is 29.8 Å². The number of aliphatic imine (C=N–C) groups is 1. The molecule has 2 N–H and O–H groups in total. The van der Waals surface area contributed by atoms with E-state index in [9.17, 15) is 28.8 Å². The summed E-state index contributed by atoms with van der Waals surface area (Å²) in [6, 6.07) is 17.4. The number of benzene rings is 3. The standard InChI is InChI=1S/C38H41ClN4O4.C8H16N2O2/c1-38(2)32-20-26(10-14-35(32)43(37(38)40-3)34-6-4-5-33(39)31(34)23-46)24-15-17-42(18-16-24)36(47)25-7-11-29(12-8-25)41-30-13-9-27(21-44)28(19-30)22-45;1-9-8(12)5-4-7(6-11)10(2)3/h4-6,9-10,13-14,19-25,29,41H,7-8,11-12,15-18H2,1-3H3;6-7H,4-5H2,1-3H3,(H,9,12). The molecule has 3 aromatic carbocycles. The zero-order valence-electron chi connectivity index (χ0n) is 35.0. The molecule has 6 rings (SSSR count). The Kier molecular flexibility index (Phi) is 15.4. The van der Waals surface area contributed by atoms with Gasteiger partial charge < -0.3 is 20.3 Å². The first-order valence-electron chi connectivity index (χ1n) is 20.4. The molecule has 2 amide bonds. The van der Waals surface area contributed by atoms with E-state index in [1.165, 1.54) is 11.1 Å². The van der Waals surface area contributed by atoms with E-state index in [4.69, 9.17) is 11.6 Å². The number of hydrogen-bond acceptors (Lipinski definition) is 9. The van der Waals surface area contributed by atoms with E-state index >= 15 is 0 Å². The van der Waals surface area contributed by atoms with Gasteiger partial charge in [-0.15, -0.1) is 0 Å². The van der Waals surface area contributed by atoms with Gasteiger partial charge in [0.1, 0.15) is 12.1 Å². The summed E-state index contributed by atoms with van der Waals surface area (Å²) in [6.45, 7) is 5.83. The van der Waals surface area contributed by atoms with Crippen molar-refractivity contribution in [2.75, 3.05) is 51.5 Å². The summed E-state index contributed by atoms with van der Waals surface area (Å²) in [4.78, 5) is 79.9. The molecule has 3 aromatic rings. The molecule has 0 bridgehead atoms. The quantitative estimate of drug-likeness (QED) is 0.170. The van der Waals surface area contributed by atoms with Crippen molar-refractivity contribution in [3.05, 3.63) is 87.4 Å². The highest BCUT2D eigenvalue weighted by molar-refractivity contribution is 6.34. The number of piperidine rings is 1. The minimum Gasteiger partial charge on any atom is -0.382 e. The molecule has 2 aliphatic heterocycles. The van der Waals surface area contributed by atoms with E-state index in [1.54, 1.807) is 37.2 Å². The van der Waals surface area contributed by atoms with Crippen molar-refractivity contribution in [3.8, 4) is 0 Å². The number of carbonyl (C=O) groups is 6. The average Bonchev–Trinajstić information content (AvgIpc) is 3.48. The average molecular weight is 825 g/mol. The molecular weight excluding hydrogens is 768 g/mol. The van der Waals surface area contributed by atoms with Crippen LogP contribution in [0.1, 0.15) is 113 Å². The molecule has 0 aromatic heterocycles. The van der Waals surface area contributed by atoms with Crippen LogP contribution in [-0.2, 0) is 19.8 Å². The molecule has 0 radical (unpaired) electrons. The first-order chi connectivity index (χ1) is 28.3. The predicted octanol–water partition coefficient (Wildman–Crippen LogP) is 7.25. The number of rotatable bonds is 13. The van der Waals surface area contributed by atoms with Crippen molar-refractivity contribution in [3.63, 3.8) is 0 Å². The Hall–Kier alpha value is -5.20. The van der Waals surface area contributed by atoms with Crippen molar-refractivity contribution in [2.45, 2.75) is 88.6 Å². The molecule has 1 unspecified atom stereocenters. The van der Waals surface area contributed by atoms with Crippen LogP contribution in [0.5, 0.6) is 0 Å². The fourth-order valence-corrected chi connectivity index (χ4v) is 8.83. The van der Waals surface area contributed by atoms with Gasteiger partial charge in [-0.25, -0.2) is 0 Å². The van der Waals surface area contributed by atoms with E-state index < -0.39 is 0 Å². The second-order valence-electron chi connectivity index (χ2n) is 16.3. The van der Waals surface area contributed by atoms with Crippen molar-refractivity contribution in [1.29, 1.82) is 0 Å². The van der Waals surface area contributed by atoms with Crippen LogP contribution in [0.4, 0.5) is 17.1 Å². The summed E-state index contributed by atoms with van der Waals surface area (Å²) < 4.78 is 0. The van der Waals surface area contributed by atoms with Gasteiger partial charge in [-0.2, -0.15) is 0 Å². The van der Waals surface area contributed by atoms with Gasteiger partial charge in [0.2, 0.25) is 11.8 Å². The van der Waals surface area contributed by atoms with Gasteiger partial charge in [-0.05, 0) is 126 Å². The third kappa shape index (κ3) is 10.2. The molecule has 1 saturated carbocycles. The minimum atomic E-state index is -0.372. The van der Waals surface area contributed by atoms with E-state index in [-0.39, 0.29) is 35.2 Å². The Labute approximate surface area is 352 Å². The van der Waals surface area contributed by atoms with Gasteiger partial charge in [0.15, 0.2) is 18.9 Å². The summed E-state index contributed by atoms with van der Waals surface area (Å²) in [5.41, 5.74) is 5.84. The van der Waals surface area contributed by atoms with Crippen LogP contribution in [-0.4, -0.2) is 106 Å². The number of amidine groups is 1. The third-order valence-electron chi connectivity index (χ3n) is 12.1. The monoisotopic (exact) mass is 824 g/mol.